The Balaban J connectivity index is 1.60. The zero-order valence-electron chi connectivity index (χ0n) is 17.9. The molecule has 2 aromatic carbocycles. The van der Waals surface area contributed by atoms with Gasteiger partial charge in [0, 0.05) is 28.3 Å². The Morgan fingerprint density at radius 3 is 2.67 bits per heavy atom. The topological polar surface area (TPSA) is 66.6 Å². The highest BCUT2D eigenvalue weighted by molar-refractivity contribution is 6.31. The highest BCUT2D eigenvalue weighted by Crippen LogP contribution is 2.32. The third-order valence-corrected chi connectivity index (χ3v) is 5.72. The molecular formula is C24H21ClF3N3O2. The van der Waals surface area contributed by atoms with Gasteiger partial charge >= 0.3 is 6.18 Å². The zero-order chi connectivity index (χ0) is 23.8. The summed E-state index contributed by atoms with van der Waals surface area (Å²) < 4.78 is 44.8. The molecule has 0 unspecified atom stereocenters. The largest absolute Gasteiger partial charge is 0.455 e. The molecule has 4 rings (SSSR count). The SMILES string of the molecule is Cc1ccc(Cl)cc1NC(=O)c1oc2c(c1C)/C(=N/Nc1cccc(C(F)(F)F)c1)CCC2. The number of carbonyl (C=O) groups excluding carboxylic acids is 1. The van der Waals surface area contributed by atoms with Crippen molar-refractivity contribution in [2.45, 2.75) is 39.3 Å². The lowest BCUT2D eigenvalue weighted by Crippen LogP contribution is -2.15. The quantitative estimate of drug-likeness (QED) is 0.400. The number of benzene rings is 2. The summed E-state index contributed by atoms with van der Waals surface area (Å²) in [6.45, 7) is 3.63. The molecule has 1 aliphatic rings. The molecule has 0 saturated heterocycles. The molecule has 9 heteroatoms. The van der Waals surface area contributed by atoms with Crippen LogP contribution in [0.2, 0.25) is 5.02 Å². The van der Waals surface area contributed by atoms with E-state index in [0.717, 1.165) is 24.1 Å². The maximum absolute atomic E-state index is 13.0. The number of halogens is 4. The number of alkyl halides is 3. The van der Waals surface area contributed by atoms with Gasteiger partial charge in [-0.3, -0.25) is 10.2 Å². The summed E-state index contributed by atoms with van der Waals surface area (Å²) in [6, 6.07) is 10.1. The molecule has 1 amide bonds. The molecule has 0 bridgehead atoms. The standard InChI is InChI=1S/C24H21ClF3N3O2/c1-13-9-10-16(25)12-19(13)29-23(32)22-14(2)21-18(7-4-8-20(21)33-22)31-30-17-6-3-5-15(11-17)24(26,27)28/h3,5-6,9-12,30H,4,7-8H2,1-2H3,(H,29,32)/b31-18+. The van der Waals surface area contributed by atoms with E-state index in [1.165, 1.54) is 12.1 Å². The third kappa shape index (κ3) is 4.90. The number of hydrogen-bond acceptors (Lipinski definition) is 4. The number of aryl methyl sites for hydroxylation is 2. The Kier molecular flexibility index (Phi) is 6.21. The van der Waals surface area contributed by atoms with Crippen molar-refractivity contribution in [1.29, 1.82) is 0 Å². The van der Waals surface area contributed by atoms with Crippen molar-refractivity contribution >= 4 is 34.6 Å². The maximum Gasteiger partial charge on any atom is 0.416 e. The third-order valence-electron chi connectivity index (χ3n) is 5.49. The van der Waals surface area contributed by atoms with E-state index in [9.17, 15) is 18.0 Å². The summed E-state index contributed by atoms with van der Waals surface area (Å²) in [7, 11) is 0. The first-order valence-electron chi connectivity index (χ1n) is 10.3. The molecule has 5 nitrogen and oxygen atoms in total. The van der Waals surface area contributed by atoms with Crippen LogP contribution in [0.3, 0.4) is 0 Å². The van der Waals surface area contributed by atoms with Gasteiger partial charge in [-0.1, -0.05) is 23.7 Å². The van der Waals surface area contributed by atoms with E-state index in [4.69, 9.17) is 16.0 Å². The lowest BCUT2D eigenvalue weighted by atomic mass is 9.93. The first kappa shape index (κ1) is 22.9. The number of hydrazone groups is 1. The predicted molar refractivity (Wildman–Crippen MR) is 122 cm³/mol. The Bertz CT molecular complexity index is 1250. The fourth-order valence-corrected chi connectivity index (χ4v) is 3.97. The number of nitrogens with one attached hydrogen (secondary N) is 2. The summed E-state index contributed by atoms with van der Waals surface area (Å²) in [5.74, 6) is 0.404. The summed E-state index contributed by atoms with van der Waals surface area (Å²) in [4.78, 5) is 12.9. The van der Waals surface area contributed by atoms with Crippen molar-refractivity contribution in [3.63, 3.8) is 0 Å². The highest BCUT2D eigenvalue weighted by atomic mass is 35.5. The van der Waals surface area contributed by atoms with Crippen LogP contribution in [0.1, 0.15) is 51.4 Å². The number of amides is 1. The van der Waals surface area contributed by atoms with E-state index in [-0.39, 0.29) is 11.4 Å². The second kappa shape index (κ2) is 8.94. The average molecular weight is 476 g/mol. The van der Waals surface area contributed by atoms with Crippen LogP contribution in [0.4, 0.5) is 24.5 Å². The number of carbonyl (C=O) groups is 1. The zero-order valence-corrected chi connectivity index (χ0v) is 18.7. The maximum atomic E-state index is 13.0. The van der Waals surface area contributed by atoms with E-state index in [2.05, 4.69) is 15.8 Å². The van der Waals surface area contributed by atoms with Crippen LogP contribution < -0.4 is 10.7 Å². The van der Waals surface area contributed by atoms with Gasteiger partial charge < -0.3 is 9.73 Å². The normalized spacial score (nSPS) is 14.8. The number of furan rings is 1. The fourth-order valence-electron chi connectivity index (χ4n) is 3.80. The number of rotatable bonds is 4. The van der Waals surface area contributed by atoms with Crippen molar-refractivity contribution in [3.05, 3.63) is 81.3 Å². The minimum Gasteiger partial charge on any atom is -0.455 e. The summed E-state index contributed by atoms with van der Waals surface area (Å²) in [6.07, 6.45) is -2.44. The summed E-state index contributed by atoms with van der Waals surface area (Å²) >= 11 is 6.04. The number of fused-ring (bicyclic) bond motifs is 1. The van der Waals surface area contributed by atoms with Crippen molar-refractivity contribution in [1.82, 2.24) is 0 Å². The molecule has 0 atom stereocenters. The number of nitrogens with zero attached hydrogens (tertiary/aromatic N) is 1. The van der Waals surface area contributed by atoms with Crippen molar-refractivity contribution < 1.29 is 22.4 Å². The van der Waals surface area contributed by atoms with E-state index in [0.29, 0.717) is 46.2 Å². The monoisotopic (exact) mass is 475 g/mol. The number of hydrogen-bond donors (Lipinski definition) is 2. The minimum absolute atomic E-state index is 0.174. The van der Waals surface area contributed by atoms with Crippen LogP contribution >= 0.6 is 11.6 Å². The smallest absolute Gasteiger partial charge is 0.416 e. The van der Waals surface area contributed by atoms with Crippen molar-refractivity contribution in [3.8, 4) is 0 Å². The molecule has 1 aromatic heterocycles. The Morgan fingerprint density at radius 1 is 1.12 bits per heavy atom. The Hall–Kier alpha value is -3.26. The molecular weight excluding hydrogens is 455 g/mol. The fraction of sp³-hybridized carbons (Fsp3) is 0.250. The molecule has 1 aliphatic carbocycles. The van der Waals surface area contributed by atoms with Gasteiger partial charge in [-0.05, 0) is 62.6 Å². The van der Waals surface area contributed by atoms with Crippen LogP contribution in [0, 0.1) is 13.8 Å². The molecule has 0 aliphatic heterocycles. The average Bonchev–Trinajstić information content (AvgIpc) is 3.12. The van der Waals surface area contributed by atoms with Gasteiger partial charge in [0.2, 0.25) is 0 Å². The molecule has 172 valence electrons. The van der Waals surface area contributed by atoms with Crippen LogP contribution in [0.25, 0.3) is 0 Å². The minimum atomic E-state index is -4.44. The van der Waals surface area contributed by atoms with Crippen molar-refractivity contribution in [2.24, 2.45) is 5.10 Å². The lowest BCUT2D eigenvalue weighted by Gasteiger charge is -2.14. The van der Waals surface area contributed by atoms with E-state index in [1.807, 2.05) is 13.0 Å². The molecule has 0 radical (unpaired) electrons. The highest BCUT2D eigenvalue weighted by Gasteiger charge is 2.31. The van der Waals surface area contributed by atoms with Gasteiger partial charge in [0.1, 0.15) is 5.76 Å². The molecule has 0 saturated carbocycles. The second-order valence-electron chi connectivity index (χ2n) is 7.87. The number of anilines is 2. The molecule has 0 spiro atoms. The molecule has 2 N–H and O–H groups in total. The lowest BCUT2D eigenvalue weighted by molar-refractivity contribution is -0.137. The molecule has 3 aromatic rings. The van der Waals surface area contributed by atoms with Gasteiger partial charge in [-0.25, -0.2) is 0 Å². The first-order chi connectivity index (χ1) is 15.6. The van der Waals surface area contributed by atoms with Gasteiger partial charge in [-0.2, -0.15) is 18.3 Å². The Morgan fingerprint density at radius 2 is 1.91 bits per heavy atom. The molecule has 1 heterocycles. The van der Waals surface area contributed by atoms with Crippen LogP contribution in [0.5, 0.6) is 0 Å². The van der Waals surface area contributed by atoms with E-state index >= 15 is 0 Å². The summed E-state index contributed by atoms with van der Waals surface area (Å²) in [5.41, 5.74) is 5.60. The van der Waals surface area contributed by atoms with Crippen LogP contribution in [-0.4, -0.2) is 11.6 Å². The predicted octanol–water partition coefficient (Wildman–Crippen LogP) is 6.97. The van der Waals surface area contributed by atoms with E-state index < -0.39 is 17.6 Å². The second-order valence-corrected chi connectivity index (χ2v) is 8.31. The molecule has 0 fully saturated rings. The van der Waals surface area contributed by atoms with Gasteiger partial charge in [0.15, 0.2) is 5.76 Å². The van der Waals surface area contributed by atoms with Crippen LogP contribution in [-0.2, 0) is 12.6 Å². The molecule has 33 heavy (non-hydrogen) atoms. The van der Waals surface area contributed by atoms with Gasteiger partial charge in [-0.15, -0.1) is 0 Å². The van der Waals surface area contributed by atoms with Gasteiger partial charge in [0.05, 0.1) is 17.0 Å². The van der Waals surface area contributed by atoms with Crippen LogP contribution in [0.15, 0.2) is 52.0 Å². The van der Waals surface area contributed by atoms with E-state index in [1.54, 1.807) is 19.1 Å². The van der Waals surface area contributed by atoms with Gasteiger partial charge in [0.25, 0.3) is 5.91 Å². The summed E-state index contributed by atoms with van der Waals surface area (Å²) in [5, 5.41) is 7.68. The first-order valence-corrected chi connectivity index (χ1v) is 10.7. The Labute approximate surface area is 193 Å². The van der Waals surface area contributed by atoms with Crippen molar-refractivity contribution in [2.75, 3.05) is 10.7 Å².